The van der Waals surface area contributed by atoms with E-state index in [4.69, 9.17) is 0 Å². The minimum absolute atomic E-state index is 0.182. The molecule has 1 fully saturated rings. The Hall–Kier alpha value is -3.93. The summed E-state index contributed by atoms with van der Waals surface area (Å²) in [5.74, 6) is -1.69. The van der Waals surface area contributed by atoms with Gasteiger partial charge in [0.25, 0.3) is 17.7 Å². The van der Waals surface area contributed by atoms with E-state index in [1.807, 2.05) is 0 Å². The number of hydrogen-bond donors (Lipinski definition) is 1. The predicted molar refractivity (Wildman–Crippen MR) is 142 cm³/mol. The lowest BCUT2D eigenvalue weighted by molar-refractivity contribution is -0.120. The fourth-order valence-electron chi connectivity index (χ4n) is 4.87. The van der Waals surface area contributed by atoms with Gasteiger partial charge in [-0.15, -0.1) is 0 Å². The van der Waals surface area contributed by atoms with E-state index < -0.39 is 33.8 Å². The predicted octanol–water partition coefficient (Wildman–Crippen LogP) is 4.06. The van der Waals surface area contributed by atoms with Crippen molar-refractivity contribution < 1.29 is 22.8 Å². The number of thiazole rings is 1. The van der Waals surface area contributed by atoms with Gasteiger partial charge in [0.15, 0.2) is 5.13 Å². The van der Waals surface area contributed by atoms with Gasteiger partial charge in [-0.2, -0.15) is 4.31 Å². The minimum Gasteiger partial charge on any atom is -0.300 e. The Bertz CT molecular complexity index is 1660. The van der Waals surface area contributed by atoms with Crippen LogP contribution in [0.4, 0.5) is 5.13 Å². The highest BCUT2D eigenvalue weighted by Gasteiger charge is 2.43. The molecule has 0 saturated carbocycles. The van der Waals surface area contributed by atoms with Gasteiger partial charge in [-0.3, -0.25) is 24.6 Å². The van der Waals surface area contributed by atoms with Gasteiger partial charge in [-0.05, 0) is 48.7 Å². The van der Waals surface area contributed by atoms with Crippen LogP contribution in [0.2, 0.25) is 0 Å². The van der Waals surface area contributed by atoms with E-state index in [0.29, 0.717) is 28.9 Å². The van der Waals surface area contributed by atoms with Crippen LogP contribution in [-0.4, -0.2) is 53.4 Å². The number of rotatable bonds is 6. The molecule has 6 rings (SSSR count). The van der Waals surface area contributed by atoms with Crippen LogP contribution in [0.25, 0.3) is 10.2 Å². The molecule has 1 saturated heterocycles. The minimum atomic E-state index is -3.60. The van der Waals surface area contributed by atoms with Gasteiger partial charge in [0.2, 0.25) is 10.0 Å². The van der Waals surface area contributed by atoms with E-state index >= 15 is 0 Å². The van der Waals surface area contributed by atoms with Gasteiger partial charge in [0, 0.05) is 13.1 Å². The number of hydrogen-bond acceptors (Lipinski definition) is 7. The van der Waals surface area contributed by atoms with Crippen molar-refractivity contribution in [1.82, 2.24) is 14.2 Å². The van der Waals surface area contributed by atoms with Crippen LogP contribution in [0.3, 0.4) is 0 Å². The zero-order valence-corrected chi connectivity index (χ0v) is 21.7. The maximum atomic E-state index is 13.6. The molecule has 1 unspecified atom stereocenters. The number of carbonyl (C=O) groups excluding carboxylic acids is 3. The van der Waals surface area contributed by atoms with Crippen molar-refractivity contribution in [3.8, 4) is 0 Å². The molecule has 3 heterocycles. The summed E-state index contributed by atoms with van der Waals surface area (Å²) < 4.78 is 28.0. The first-order valence-corrected chi connectivity index (χ1v) is 14.3. The fourth-order valence-corrected chi connectivity index (χ4v) is 7.39. The smallest absolute Gasteiger partial charge is 0.262 e. The molecule has 1 N–H and O–H groups in total. The average molecular weight is 547 g/mol. The molecule has 2 aliphatic rings. The third-order valence-electron chi connectivity index (χ3n) is 6.74. The van der Waals surface area contributed by atoms with Crippen LogP contribution >= 0.6 is 11.3 Å². The second kappa shape index (κ2) is 9.43. The largest absolute Gasteiger partial charge is 0.300 e. The lowest BCUT2D eigenvalue weighted by atomic mass is 10.0. The van der Waals surface area contributed by atoms with Crippen LogP contribution in [0.15, 0.2) is 77.7 Å². The summed E-state index contributed by atoms with van der Waals surface area (Å²) in [6.45, 7) is 1.01. The first kappa shape index (κ1) is 24.4. The van der Waals surface area contributed by atoms with Crippen molar-refractivity contribution in [2.75, 3.05) is 18.4 Å². The molecule has 0 bridgehead atoms. The second-order valence-corrected chi connectivity index (χ2v) is 12.1. The van der Waals surface area contributed by atoms with Crippen molar-refractivity contribution in [3.63, 3.8) is 0 Å². The van der Waals surface area contributed by atoms with Crippen LogP contribution in [0.5, 0.6) is 0 Å². The topological polar surface area (TPSA) is 117 Å². The zero-order chi connectivity index (χ0) is 26.4. The van der Waals surface area contributed by atoms with Crippen LogP contribution in [0.1, 0.15) is 45.2 Å². The second-order valence-electron chi connectivity index (χ2n) is 9.09. The summed E-state index contributed by atoms with van der Waals surface area (Å²) in [7, 11) is -3.60. The number of aromatic nitrogens is 1. The van der Waals surface area contributed by atoms with E-state index in [0.717, 1.165) is 29.1 Å². The number of nitrogens with one attached hydrogen (secondary N) is 1. The number of sulfonamides is 1. The molecule has 38 heavy (non-hydrogen) atoms. The fraction of sp³-hybridized carbons (Fsp3) is 0.185. The third-order valence-corrected chi connectivity index (χ3v) is 9.57. The molecular weight excluding hydrogens is 524 g/mol. The van der Waals surface area contributed by atoms with Gasteiger partial charge in [0.1, 0.15) is 6.04 Å². The number of benzene rings is 3. The van der Waals surface area contributed by atoms with Crippen molar-refractivity contribution in [3.05, 3.63) is 89.5 Å². The van der Waals surface area contributed by atoms with Crippen molar-refractivity contribution in [2.45, 2.75) is 23.8 Å². The van der Waals surface area contributed by atoms with Crippen molar-refractivity contribution >= 4 is 54.4 Å². The Morgan fingerprint density at radius 2 is 1.53 bits per heavy atom. The molecule has 1 atom stereocenters. The Labute approximate surface area is 222 Å². The number of anilines is 1. The highest BCUT2D eigenvalue weighted by molar-refractivity contribution is 7.89. The molecule has 192 valence electrons. The molecule has 0 radical (unpaired) electrons. The standard InChI is InChI=1S/C27H22N4O5S2/c32-24(23(17-8-2-1-3-9-17)31-25(33)19-10-4-5-11-20(19)26(31)34)29-27-28-21-13-12-18(16-22(21)37-27)38(35,36)30-14-6-7-15-30/h1-5,8-13,16,23H,6-7,14-15H2,(H,28,29,32). The summed E-state index contributed by atoms with van der Waals surface area (Å²) in [5.41, 5.74) is 1.50. The van der Waals surface area contributed by atoms with E-state index in [2.05, 4.69) is 10.3 Å². The monoisotopic (exact) mass is 546 g/mol. The molecule has 9 nitrogen and oxygen atoms in total. The molecular formula is C27H22N4O5S2. The lowest BCUT2D eigenvalue weighted by Gasteiger charge is -2.25. The highest BCUT2D eigenvalue weighted by Crippen LogP contribution is 2.34. The third kappa shape index (κ3) is 4.08. The Morgan fingerprint density at radius 1 is 0.895 bits per heavy atom. The van der Waals surface area contributed by atoms with E-state index in [1.54, 1.807) is 66.7 Å². The normalized spacial score (nSPS) is 16.7. The SMILES string of the molecule is O=C(Nc1nc2ccc(S(=O)(=O)N3CCCC3)cc2s1)C(c1ccccc1)N1C(=O)c2ccccc2C1=O. The first-order chi connectivity index (χ1) is 18.3. The first-order valence-electron chi connectivity index (χ1n) is 12.1. The number of nitrogens with zero attached hydrogens (tertiary/aromatic N) is 3. The maximum absolute atomic E-state index is 13.6. The lowest BCUT2D eigenvalue weighted by Crippen LogP contribution is -2.40. The Kier molecular flexibility index (Phi) is 6.05. The summed E-state index contributed by atoms with van der Waals surface area (Å²) in [6.07, 6.45) is 1.68. The molecule has 1 aromatic heterocycles. The Balaban J connectivity index is 1.32. The van der Waals surface area contributed by atoms with Gasteiger partial charge in [0.05, 0.1) is 26.2 Å². The van der Waals surface area contributed by atoms with Gasteiger partial charge in [-0.1, -0.05) is 53.8 Å². The zero-order valence-electron chi connectivity index (χ0n) is 20.0. The molecule has 4 aromatic rings. The number of imide groups is 1. The van der Waals surface area contributed by atoms with Crippen LogP contribution < -0.4 is 5.32 Å². The van der Waals surface area contributed by atoms with Crippen LogP contribution in [-0.2, 0) is 14.8 Å². The molecule has 11 heteroatoms. The van der Waals surface area contributed by atoms with Crippen molar-refractivity contribution in [2.24, 2.45) is 0 Å². The van der Waals surface area contributed by atoms with E-state index in [9.17, 15) is 22.8 Å². The quantitative estimate of drug-likeness (QED) is 0.365. The summed E-state index contributed by atoms with van der Waals surface area (Å²) in [6, 6.07) is 18.6. The molecule has 0 spiro atoms. The van der Waals surface area contributed by atoms with Gasteiger partial charge >= 0.3 is 0 Å². The summed E-state index contributed by atoms with van der Waals surface area (Å²) in [5, 5.41) is 2.99. The molecule has 2 aliphatic heterocycles. The average Bonchev–Trinajstić information content (AvgIpc) is 3.65. The summed E-state index contributed by atoms with van der Waals surface area (Å²) >= 11 is 1.13. The maximum Gasteiger partial charge on any atom is 0.262 e. The molecule has 0 aliphatic carbocycles. The molecule has 3 amide bonds. The number of carbonyl (C=O) groups is 3. The Morgan fingerprint density at radius 3 is 2.18 bits per heavy atom. The summed E-state index contributed by atoms with van der Waals surface area (Å²) in [4.78, 5) is 45.6. The van der Waals surface area contributed by atoms with Gasteiger partial charge < -0.3 is 0 Å². The molecule has 3 aromatic carbocycles. The number of amides is 3. The van der Waals surface area contributed by atoms with E-state index in [-0.39, 0.29) is 21.2 Å². The van der Waals surface area contributed by atoms with Gasteiger partial charge in [-0.25, -0.2) is 13.4 Å². The van der Waals surface area contributed by atoms with Crippen molar-refractivity contribution in [1.29, 1.82) is 0 Å². The number of fused-ring (bicyclic) bond motifs is 2. The highest BCUT2D eigenvalue weighted by atomic mass is 32.2. The van der Waals surface area contributed by atoms with Crippen LogP contribution in [0, 0.1) is 0 Å². The van der Waals surface area contributed by atoms with E-state index in [1.165, 1.54) is 10.4 Å².